The molecule has 1 saturated heterocycles. The van der Waals surface area contributed by atoms with E-state index < -0.39 is 0 Å². The fourth-order valence-electron chi connectivity index (χ4n) is 5.05. The molecule has 1 aliphatic rings. The first kappa shape index (κ1) is 28.7. The van der Waals surface area contributed by atoms with Crippen molar-refractivity contribution in [2.24, 2.45) is 0 Å². The van der Waals surface area contributed by atoms with Gasteiger partial charge in [0, 0.05) is 35.4 Å². The molecule has 0 aliphatic carbocycles. The first-order chi connectivity index (χ1) is 20.4. The second-order valence-corrected chi connectivity index (χ2v) is 10.1. The van der Waals surface area contributed by atoms with Crippen LogP contribution < -0.4 is 30.2 Å². The number of methoxy groups -OCH3 is 2. The summed E-state index contributed by atoms with van der Waals surface area (Å²) in [6, 6.07) is 26.2. The maximum atomic E-state index is 13.2. The highest BCUT2D eigenvalue weighted by molar-refractivity contribution is 6.05. The quantitative estimate of drug-likeness (QED) is 0.218. The zero-order valence-electron chi connectivity index (χ0n) is 24.0. The Balaban J connectivity index is 1.34. The van der Waals surface area contributed by atoms with Gasteiger partial charge in [0.25, 0.3) is 5.91 Å². The van der Waals surface area contributed by atoms with Gasteiger partial charge in [-0.05, 0) is 91.7 Å². The second kappa shape index (κ2) is 13.2. The molecule has 0 radical (unpaired) electrons. The summed E-state index contributed by atoms with van der Waals surface area (Å²) in [5, 5.41) is 9.25. The van der Waals surface area contributed by atoms with E-state index in [0.717, 1.165) is 59.7 Å². The van der Waals surface area contributed by atoms with Crippen LogP contribution in [0, 0.1) is 0 Å². The molecule has 8 heteroatoms. The number of carbonyl (C=O) groups excluding carboxylic acids is 2. The molecule has 0 unspecified atom stereocenters. The molecule has 1 fully saturated rings. The molecule has 4 aromatic carbocycles. The van der Waals surface area contributed by atoms with Gasteiger partial charge >= 0.3 is 0 Å². The van der Waals surface area contributed by atoms with Crippen molar-refractivity contribution in [1.29, 1.82) is 0 Å². The smallest absolute Gasteiger partial charge is 0.255 e. The van der Waals surface area contributed by atoms with Crippen LogP contribution in [-0.2, 0) is 4.79 Å². The van der Waals surface area contributed by atoms with Crippen LogP contribution in [0.25, 0.3) is 22.3 Å². The minimum atomic E-state index is -0.243. The van der Waals surface area contributed by atoms with E-state index in [9.17, 15) is 9.59 Å². The zero-order valence-corrected chi connectivity index (χ0v) is 24.0. The number of ether oxygens (including phenoxy) is 3. The van der Waals surface area contributed by atoms with E-state index in [-0.39, 0.29) is 17.9 Å². The molecule has 1 aliphatic heterocycles. The minimum absolute atomic E-state index is 0.155. The summed E-state index contributed by atoms with van der Waals surface area (Å²) < 4.78 is 17.1. The molecule has 5 rings (SSSR count). The number of nitrogens with one attached hydrogen (secondary N) is 3. The molecule has 0 aromatic heterocycles. The molecule has 0 bridgehead atoms. The third-order valence-corrected chi connectivity index (χ3v) is 7.19. The highest BCUT2D eigenvalue weighted by Crippen LogP contribution is 2.35. The van der Waals surface area contributed by atoms with Gasteiger partial charge in [-0.15, -0.1) is 0 Å². The summed E-state index contributed by atoms with van der Waals surface area (Å²) in [4.78, 5) is 25.2. The summed E-state index contributed by atoms with van der Waals surface area (Å²) in [7, 11) is 3.22. The highest BCUT2D eigenvalue weighted by atomic mass is 16.5. The lowest BCUT2D eigenvalue weighted by atomic mass is 10.0. The molecule has 8 nitrogen and oxygen atoms in total. The highest BCUT2D eigenvalue weighted by Gasteiger charge is 2.17. The van der Waals surface area contributed by atoms with E-state index in [1.54, 1.807) is 26.4 Å². The van der Waals surface area contributed by atoms with Crippen molar-refractivity contribution in [3.63, 3.8) is 0 Å². The predicted octanol–water partition coefficient (Wildman–Crippen LogP) is 6.38. The van der Waals surface area contributed by atoms with E-state index >= 15 is 0 Å². The van der Waals surface area contributed by atoms with Gasteiger partial charge in [-0.25, -0.2) is 0 Å². The Morgan fingerprint density at radius 1 is 0.762 bits per heavy atom. The first-order valence-electron chi connectivity index (χ1n) is 14.0. The standard InChI is InChI=1S/C34H35N3O5/c1-22(38)36-32-21-29(42-27-15-17-35-18-16-27)12-13-30(32)23-7-10-26(11-8-23)37-34(39)25-9-14-33(41-3)31(20-25)24-5-4-6-28(19-24)40-2/h4-14,19-21,27,35H,15-18H2,1-3H3,(H,36,38)(H,37,39). The van der Waals surface area contributed by atoms with Gasteiger partial charge in [-0.2, -0.15) is 0 Å². The number of carbonyl (C=O) groups is 2. The van der Waals surface area contributed by atoms with E-state index in [1.807, 2.05) is 72.8 Å². The van der Waals surface area contributed by atoms with Gasteiger partial charge in [0.15, 0.2) is 0 Å². The number of benzene rings is 4. The summed E-state index contributed by atoms with van der Waals surface area (Å²) >= 11 is 0. The molecule has 4 aromatic rings. The lowest BCUT2D eigenvalue weighted by Gasteiger charge is -2.24. The Bertz CT molecular complexity index is 1560. The number of rotatable bonds is 9. The van der Waals surface area contributed by atoms with Crippen LogP contribution in [-0.4, -0.2) is 45.2 Å². The molecular formula is C34H35N3O5. The third kappa shape index (κ3) is 6.90. The van der Waals surface area contributed by atoms with Crippen LogP contribution in [0.4, 0.5) is 11.4 Å². The van der Waals surface area contributed by atoms with Crippen molar-refractivity contribution in [3.05, 3.63) is 90.5 Å². The Labute approximate surface area is 246 Å². The normalized spacial score (nSPS) is 13.2. The first-order valence-corrected chi connectivity index (χ1v) is 14.0. The summed E-state index contributed by atoms with van der Waals surface area (Å²) in [5.41, 5.74) is 5.25. The monoisotopic (exact) mass is 565 g/mol. The number of anilines is 2. The maximum Gasteiger partial charge on any atom is 0.255 e. The summed E-state index contributed by atoms with van der Waals surface area (Å²) in [6.07, 6.45) is 2.05. The Morgan fingerprint density at radius 3 is 2.26 bits per heavy atom. The zero-order chi connectivity index (χ0) is 29.5. The Hall–Kier alpha value is -4.82. The van der Waals surface area contributed by atoms with Crippen LogP contribution in [0.5, 0.6) is 17.2 Å². The molecule has 0 saturated carbocycles. The van der Waals surface area contributed by atoms with E-state index in [2.05, 4.69) is 16.0 Å². The lowest BCUT2D eigenvalue weighted by molar-refractivity contribution is -0.114. The lowest BCUT2D eigenvalue weighted by Crippen LogP contribution is -2.34. The predicted molar refractivity (Wildman–Crippen MR) is 166 cm³/mol. The van der Waals surface area contributed by atoms with Gasteiger partial charge < -0.3 is 30.2 Å². The van der Waals surface area contributed by atoms with Gasteiger partial charge in [0.05, 0.1) is 19.9 Å². The molecule has 1 heterocycles. The van der Waals surface area contributed by atoms with Crippen LogP contribution in [0.3, 0.4) is 0 Å². The SMILES string of the molecule is COc1cccc(-c2cc(C(=O)Nc3ccc(-c4ccc(OC5CCNCC5)cc4NC(C)=O)cc3)ccc2OC)c1. The Kier molecular flexibility index (Phi) is 9.04. The topological polar surface area (TPSA) is 97.9 Å². The molecule has 3 N–H and O–H groups in total. The molecule has 0 spiro atoms. The average Bonchev–Trinajstić information content (AvgIpc) is 3.01. The molecule has 0 atom stereocenters. The van der Waals surface area contributed by atoms with Crippen LogP contribution >= 0.6 is 0 Å². The Morgan fingerprint density at radius 2 is 1.55 bits per heavy atom. The molecular weight excluding hydrogens is 530 g/mol. The van der Waals surface area contributed by atoms with Gasteiger partial charge in [0.2, 0.25) is 5.91 Å². The molecule has 2 amide bonds. The van der Waals surface area contributed by atoms with Gasteiger partial charge in [0.1, 0.15) is 23.4 Å². The van der Waals surface area contributed by atoms with Crippen molar-refractivity contribution < 1.29 is 23.8 Å². The van der Waals surface area contributed by atoms with E-state index in [0.29, 0.717) is 22.7 Å². The van der Waals surface area contributed by atoms with E-state index in [4.69, 9.17) is 14.2 Å². The van der Waals surface area contributed by atoms with Crippen molar-refractivity contribution >= 4 is 23.2 Å². The van der Waals surface area contributed by atoms with Crippen molar-refractivity contribution in [2.75, 3.05) is 37.9 Å². The largest absolute Gasteiger partial charge is 0.497 e. The van der Waals surface area contributed by atoms with Gasteiger partial charge in [-0.1, -0.05) is 24.3 Å². The third-order valence-electron chi connectivity index (χ3n) is 7.19. The fraction of sp³-hybridized carbons (Fsp3) is 0.235. The average molecular weight is 566 g/mol. The summed E-state index contributed by atoms with van der Waals surface area (Å²) in [6.45, 7) is 3.36. The van der Waals surface area contributed by atoms with Crippen molar-refractivity contribution in [2.45, 2.75) is 25.9 Å². The number of amides is 2. The van der Waals surface area contributed by atoms with Crippen LogP contribution in [0.2, 0.25) is 0 Å². The second-order valence-electron chi connectivity index (χ2n) is 10.1. The van der Waals surface area contributed by atoms with Crippen LogP contribution in [0.15, 0.2) is 84.9 Å². The number of hydrogen-bond donors (Lipinski definition) is 3. The number of hydrogen-bond acceptors (Lipinski definition) is 6. The van der Waals surface area contributed by atoms with Crippen molar-refractivity contribution in [1.82, 2.24) is 5.32 Å². The van der Waals surface area contributed by atoms with E-state index in [1.165, 1.54) is 6.92 Å². The van der Waals surface area contributed by atoms with Gasteiger partial charge in [-0.3, -0.25) is 9.59 Å². The maximum absolute atomic E-state index is 13.2. The molecule has 42 heavy (non-hydrogen) atoms. The van der Waals surface area contributed by atoms with Crippen molar-refractivity contribution in [3.8, 4) is 39.5 Å². The number of piperidine rings is 1. The molecule has 216 valence electrons. The van der Waals surface area contributed by atoms with Crippen LogP contribution in [0.1, 0.15) is 30.1 Å². The minimum Gasteiger partial charge on any atom is -0.497 e. The summed E-state index contributed by atoms with van der Waals surface area (Å²) in [5.74, 6) is 1.70. The fourth-order valence-corrected chi connectivity index (χ4v) is 5.05.